The van der Waals surface area contributed by atoms with Crippen LogP contribution in [0.4, 0.5) is 5.69 Å². The summed E-state index contributed by atoms with van der Waals surface area (Å²) in [5.41, 5.74) is 4.30. The van der Waals surface area contributed by atoms with Crippen LogP contribution < -0.4 is 20.2 Å². The van der Waals surface area contributed by atoms with Gasteiger partial charge in [0, 0.05) is 23.6 Å². The van der Waals surface area contributed by atoms with Gasteiger partial charge in [-0.05, 0) is 55.1 Å². The maximum Gasteiger partial charge on any atom is 0.285 e. The molecule has 0 aromatic heterocycles. The molecule has 0 saturated carbocycles. The van der Waals surface area contributed by atoms with Crippen LogP contribution in [0.5, 0.6) is 11.5 Å². The zero-order valence-corrected chi connectivity index (χ0v) is 21.0. The van der Waals surface area contributed by atoms with Gasteiger partial charge in [0.15, 0.2) is 0 Å². The average Bonchev–Trinajstić information content (AvgIpc) is 2.88. The van der Waals surface area contributed by atoms with Crippen LogP contribution >= 0.6 is 11.8 Å². The highest BCUT2D eigenvalue weighted by molar-refractivity contribution is 7.98. The molecule has 0 aliphatic carbocycles. The molecule has 1 heterocycles. The molecule has 2 atom stereocenters. The van der Waals surface area contributed by atoms with Gasteiger partial charge in [0.2, 0.25) is 12.0 Å². The maximum absolute atomic E-state index is 13.2. The highest BCUT2D eigenvalue weighted by Gasteiger charge is 2.51. The second-order valence-electron chi connectivity index (χ2n) is 8.04. The van der Waals surface area contributed by atoms with E-state index in [1.165, 1.54) is 11.9 Å². The van der Waals surface area contributed by atoms with Crippen molar-refractivity contribution in [2.75, 3.05) is 18.2 Å². The van der Waals surface area contributed by atoms with Crippen molar-refractivity contribution in [2.24, 2.45) is 0 Å². The summed E-state index contributed by atoms with van der Waals surface area (Å²) in [7, 11) is 0. The Kier molecular flexibility index (Phi) is 7.80. The molecule has 0 radical (unpaired) electrons. The van der Waals surface area contributed by atoms with Crippen LogP contribution in [-0.4, -0.2) is 41.7 Å². The first-order chi connectivity index (χ1) is 17.4. The van der Waals surface area contributed by atoms with E-state index in [1.807, 2.05) is 48.7 Å². The number of amides is 3. The Balaban J connectivity index is 1.59. The van der Waals surface area contributed by atoms with Crippen LogP contribution in [0.3, 0.4) is 0 Å². The summed E-state index contributed by atoms with van der Waals surface area (Å²) >= 11 is 1.62. The van der Waals surface area contributed by atoms with Crippen molar-refractivity contribution in [3.8, 4) is 11.5 Å². The first-order valence-electron chi connectivity index (χ1n) is 11.5. The summed E-state index contributed by atoms with van der Waals surface area (Å²) in [6.45, 7) is 3.52. The van der Waals surface area contributed by atoms with Gasteiger partial charge in [-0.2, -0.15) is 0 Å². The Morgan fingerprint density at radius 3 is 2.39 bits per heavy atom. The van der Waals surface area contributed by atoms with E-state index in [2.05, 4.69) is 10.7 Å². The number of nitrogens with one attached hydrogen (secondary N) is 2. The van der Waals surface area contributed by atoms with E-state index >= 15 is 0 Å². The predicted octanol–water partition coefficient (Wildman–Crippen LogP) is 4.44. The molecule has 1 aliphatic heterocycles. The number of ether oxygens (including phenoxy) is 2. The quantitative estimate of drug-likeness (QED) is 0.330. The number of nitrogens with zero attached hydrogens (tertiary/aromatic N) is 1. The Bertz CT molecular complexity index is 1250. The number of thioether (sulfide) groups is 1. The molecule has 2 N–H and O–H groups in total. The number of carbonyl (C=O) groups is 3. The fourth-order valence-corrected chi connectivity index (χ4v) is 4.32. The molecule has 1 fully saturated rings. The summed E-state index contributed by atoms with van der Waals surface area (Å²) in [5, 5.41) is 3.97. The summed E-state index contributed by atoms with van der Waals surface area (Å²) in [5.74, 6) is -0.239. The van der Waals surface area contributed by atoms with E-state index in [4.69, 9.17) is 9.47 Å². The Morgan fingerprint density at radius 1 is 1.03 bits per heavy atom. The molecule has 0 unspecified atom stereocenters. The topological polar surface area (TPSA) is 97.0 Å². The zero-order valence-electron chi connectivity index (χ0n) is 20.2. The largest absolute Gasteiger partial charge is 0.493 e. The van der Waals surface area contributed by atoms with Crippen LogP contribution in [0.25, 0.3) is 0 Å². The third-order valence-corrected chi connectivity index (χ3v) is 6.32. The molecule has 0 spiro atoms. The normalized spacial score (nSPS) is 16.6. The maximum atomic E-state index is 13.2. The Labute approximate surface area is 213 Å². The standard InChI is InChI=1S/C27H27N3O5S/c1-4-34-23-16-19(28-17(2)31)12-15-22(23)26(32)29-30-24(18-10-13-21(36-3)14-11-18)25(27(30)33)35-20-8-6-5-7-9-20/h5-16,24-25H,4H2,1-3H3,(H,28,31)(H,29,32)/t24-,25+/m1/s1. The van der Waals surface area contributed by atoms with Crippen LogP contribution in [-0.2, 0) is 9.59 Å². The summed E-state index contributed by atoms with van der Waals surface area (Å²) in [6.07, 6.45) is 1.20. The molecular weight excluding hydrogens is 478 g/mol. The minimum Gasteiger partial charge on any atom is -0.493 e. The number of rotatable bonds is 9. The SMILES string of the molecule is CCOc1cc(NC(C)=O)ccc1C(=O)NN1C(=O)[C@@H](Oc2ccccc2)[C@H]1c1ccc(SC)cc1. The van der Waals surface area contributed by atoms with Crippen molar-refractivity contribution >= 4 is 35.2 Å². The number of para-hydroxylation sites is 1. The Morgan fingerprint density at radius 2 is 1.75 bits per heavy atom. The third kappa shape index (κ3) is 5.46. The Hall–Kier alpha value is -3.98. The molecule has 36 heavy (non-hydrogen) atoms. The first-order valence-corrected chi connectivity index (χ1v) is 12.7. The lowest BCUT2D eigenvalue weighted by molar-refractivity contribution is -0.169. The highest BCUT2D eigenvalue weighted by atomic mass is 32.2. The highest BCUT2D eigenvalue weighted by Crippen LogP contribution is 2.37. The molecule has 0 bridgehead atoms. The first kappa shape index (κ1) is 25.1. The predicted molar refractivity (Wildman–Crippen MR) is 138 cm³/mol. The molecule has 3 aromatic rings. The van der Waals surface area contributed by atoms with Gasteiger partial charge in [-0.3, -0.25) is 19.8 Å². The lowest BCUT2D eigenvalue weighted by atomic mass is 9.92. The zero-order chi connectivity index (χ0) is 25.7. The minimum atomic E-state index is -0.790. The molecule has 3 amide bonds. The van der Waals surface area contributed by atoms with Gasteiger partial charge >= 0.3 is 0 Å². The van der Waals surface area contributed by atoms with Crippen molar-refractivity contribution < 1.29 is 23.9 Å². The number of anilines is 1. The summed E-state index contributed by atoms with van der Waals surface area (Å²) < 4.78 is 11.6. The van der Waals surface area contributed by atoms with Gasteiger partial charge in [0.05, 0.1) is 12.2 Å². The molecule has 3 aromatic carbocycles. The van der Waals surface area contributed by atoms with Crippen molar-refractivity contribution in [3.63, 3.8) is 0 Å². The second kappa shape index (κ2) is 11.2. The monoisotopic (exact) mass is 505 g/mol. The lowest BCUT2D eigenvalue weighted by Gasteiger charge is -2.46. The molecule has 186 valence electrons. The summed E-state index contributed by atoms with van der Waals surface area (Å²) in [4.78, 5) is 38.9. The van der Waals surface area contributed by atoms with Crippen LogP contribution in [0.15, 0.2) is 77.7 Å². The van der Waals surface area contributed by atoms with E-state index in [1.54, 1.807) is 49.0 Å². The number of hydrogen-bond donors (Lipinski definition) is 2. The van der Waals surface area contributed by atoms with Crippen LogP contribution in [0, 0.1) is 0 Å². The number of hydrogen-bond acceptors (Lipinski definition) is 6. The fraction of sp³-hybridized carbons (Fsp3) is 0.222. The minimum absolute atomic E-state index is 0.236. The van der Waals surface area contributed by atoms with Crippen LogP contribution in [0.1, 0.15) is 35.8 Å². The average molecular weight is 506 g/mol. The summed E-state index contributed by atoms with van der Waals surface area (Å²) in [6, 6.07) is 21.1. The van der Waals surface area contributed by atoms with Crippen molar-refractivity contribution in [2.45, 2.75) is 30.9 Å². The fourth-order valence-electron chi connectivity index (χ4n) is 3.91. The van der Waals surface area contributed by atoms with E-state index in [0.29, 0.717) is 23.8 Å². The molecular formula is C27H27N3O5S. The van der Waals surface area contributed by atoms with Crippen molar-refractivity contribution in [3.05, 3.63) is 83.9 Å². The van der Waals surface area contributed by atoms with Gasteiger partial charge in [-0.25, -0.2) is 5.01 Å². The molecule has 1 aliphatic rings. The van der Waals surface area contributed by atoms with E-state index in [0.717, 1.165) is 10.5 Å². The number of hydrazine groups is 1. The lowest BCUT2D eigenvalue weighted by Crippen LogP contribution is -2.67. The van der Waals surface area contributed by atoms with Gasteiger partial charge < -0.3 is 14.8 Å². The van der Waals surface area contributed by atoms with Crippen molar-refractivity contribution in [1.82, 2.24) is 10.4 Å². The van der Waals surface area contributed by atoms with E-state index in [9.17, 15) is 14.4 Å². The molecule has 8 nitrogen and oxygen atoms in total. The van der Waals surface area contributed by atoms with E-state index in [-0.39, 0.29) is 17.4 Å². The van der Waals surface area contributed by atoms with Gasteiger partial charge in [0.1, 0.15) is 17.5 Å². The van der Waals surface area contributed by atoms with Gasteiger partial charge in [0.25, 0.3) is 11.8 Å². The van der Waals surface area contributed by atoms with Gasteiger partial charge in [-0.15, -0.1) is 11.8 Å². The molecule has 9 heteroatoms. The number of β-lactam (4-membered cyclic amide) rings is 1. The second-order valence-corrected chi connectivity index (χ2v) is 8.92. The van der Waals surface area contributed by atoms with Crippen LogP contribution in [0.2, 0.25) is 0 Å². The molecule has 4 rings (SSSR count). The molecule has 1 saturated heterocycles. The van der Waals surface area contributed by atoms with Gasteiger partial charge in [-0.1, -0.05) is 30.3 Å². The van der Waals surface area contributed by atoms with E-state index < -0.39 is 18.1 Å². The smallest absolute Gasteiger partial charge is 0.285 e. The third-order valence-electron chi connectivity index (χ3n) is 5.58. The van der Waals surface area contributed by atoms with Crippen molar-refractivity contribution in [1.29, 1.82) is 0 Å². The number of benzene rings is 3. The number of carbonyl (C=O) groups excluding carboxylic acids is 3.